The van der Waals surface area contributed by atoms with Gasteiger partial charge in [-0.2, -0.15) is 0 Å². The monoisotopic (exact) mass is 247 g/mol. The van der Waals surface area contributed by atoms with Crippen LogP contribution in [0.2, 0.25) is 0 Å². The number of nitrogens with one attached hydrogen (secondary N) is 2. The highest BCUT2D eigenvalue weighted by molar-refractivity contribution is 5.93. The second-order valence-electron chi connectivity index (χ2n) is 5.65. The number of aromatic amines is 1. The Morgan fingerprint density at radius 3 is 2.72 bits per heavy atom. The molecule has 96 valence electrons. The van der Waals surface area contributed by atoms with Gasteiger partial charge in [-0.15, -0.1) is 0 Å². The van der Waals surface area contributed by atoms with Crippen LogP contribution in [0.1, 0.15) is 39.0 Å². The standard InChI is InChI=1S/C13H17N3O2/c1-7-5-8-9(6-7)14-12(15-10(8)17)16-11(18)13(2,3)4/h6H,5H2,1-4H3,(H2,14,15,16,17,18). The molecule has 18 heavy (non-hydrogen) atoms. The average molecular weight is 247 g/mol. The lowest BCUT2D eigenvalue weighted by atomic mass is 9.96. The van der Waals surface area contributed by atoms with E-state index >= 15 is 0 Å². The van der Waals surface area contributed by atoms with Crippen LogP contribution in [0.15, 0.2) is 10.4 Å². The summed E-state index contributed by atoms with van der Waals surface area (Å²) in [6.45, 7) is 7.36. The van der Waals surface area contributed by atoms with Crippen LogP contribution >= 0.6 is 0 Å². The summed E-state index contributed by atoms with van der Waals surface area (Å²) in [5.74, 6) is 0.0360. The van der Waals surface area contributed by atoms with Gasteiger partial charge in [0.15, 0.2) is 0 Å². The van der Waals surface area contributed by atoms with Crippen LogP contribution in [0, 0.1) is 5.41 Å². The molecule has 1 amide bonds. The molecule has 0 fully saturated rings. The van der Waals surface area contributed by atoms with Gasteiger partial charge in [-0.3, -0.25) is 19.9 Å². The SMILES string of the molecule is CC1=Cc2nc(NC(=O)C(C)(C)C)[nH]c(=O)c2C1. The lowest BCUT2D eigenvalue weighted by Gasteiger charge is -2.17. The van der Waals surface area contributed by atoms with Crippen molar-refractivity contribution in [2.75, 3.05) is 5.32 Å². The molecule has 1 heterocycles. The number of hydrogen-bond donors (Lipinski definition) is 2. The van der Waals surface area contributed by atoms with Crippen LogP contribution in [0.5, 0.6) is 0 Å². The maximum atomic E-state index is 11.8. The van der Waals surface area contributed by atoms with E-state index in [-0.39, 0.29) is 17.4 Å². The first-order chi connectivity index (χ1) is 8.27. The number of H-pyrrole nitrogens is 1. The van der Waals surface area contributed by atoms with Crippen molar-refractivity contribution < 1.29 is 4.79 Å². The summed E-state index contributed by atoms with van der Waals surface area (Å²) in [6, 6.07) is 0. The zero-order valence-corrected chi connectivity index (χ0v) is 11.0. The Bertz CT molecular complexity index is 591. The Morgan fingerprint density at radius 2 is 2.11 bits per heavy atom. The smallest absolute Gasteiger partial charge is 0.256 e. The third-order valence-electron chi connectivity index (χ3n) is 2.80. The Morgan fingerprint density at radius 1 is 1.44 bits per heavy atom. The highest BCUT2D eigenvalue weighted by Gasteiger charge is 2.23. The van der Waals surface area contributed by atoms with E-state index in [4.69, 9.17) is 0 Å². The number of carbonyl (C=O) groups excluding carboxylic acids is 1. The number of nitrogens with zero attached hydrogens (tertiary/aromatic N) is 1. The van der Waals surface area contributed by atoms with Gasteiger partial charge >= 0.3 is 0 Å². The van der Waals surface area contributed by atoms with E-state index in [0.717, 1.165) is 5.57 Å². The van der Waals surface area contributed by atoms with E-state index in [2.05, 4.69) is 15.3 Å². The van der Waals surface area contributed by atoms with Crippen molar-refractivity contribution in [1.82, 2.24) is 9.97 Å². The van der Waals surface area contributed by atoms with Gasteiger partial charge in [-0.25, -0.2) is 4.98 Å². The largest absolute Gasteiger partial charge is 0.296 e. The first-order valence-electron chi connectivity index (χ1n) is 5.89. The van der Waals surface area contributed by atoms with Crippen LogP contribution in [0.3, 0.4) is 0 Å². The molecule has 0 bridgehead atoms. The second-order valence-corrected chi connectivity index (χ2v) is 5.65. The zero-order chi connectivity index (χ0) is 13.5. The first kappa shape index (κ1) is 12.5. The Kier molecular flexibility index (Phi) is 2.84. The molecule has 0 saturated carbocycles. The molecule has 1 aliphatic rings. The lowest BCUT2D eigenvalue weighted by Crippen LogP contribution is -2.30. The minimum atomic E-state index is -0.524. The van der Waals surface area contributed by atoms with Crippen molar-refractivity contribution >= 4 is 17.9 Å². The van der Waals surface area contributed by atoms with Crippen molar-refractivity contribution in [3.05, 3.63) is 27.2 Å². The number of anilines is 1. The summed E-state index contributed by atoms with van der Waals surface area (Å²) < 4.78 is 0. The molecule has 1 aromatic rings. The Balaban J connectivity index is 2.32. The fourth-order valence-electron chi connectivity index (χ4n) is 1.72. The molecule has 0 spiro atoms. The molecule has 0 aliphatic heterocycles. The van der Waals surface area contributed by atoms with E-state index in [0.29, 0.717) is 17.7 Å². The van der Waals surface area contributed by atoms with Crippen molar-refractivity contribution in [2.45, 2.75) is 34.1 Å². The molecule has 2 rings (SSSR count). The van der Waals surface area contributed by atoms with Gasteiger partial charge in [-0.1, -0.05) is 26.3 Å². The normalized spacial score (nSPS) is 14.1. The molecule has 0 radical (unpaired) electrons. The number of aromatic nitrogens is 2. The fourth-order valence-corrected chi connectivity index (χ4v) is 1.72. The molecule has 5 nitrogen and oxygen atoms in total. The first-order valence-corrected chi connectivity index (χ1v) is 5.89. The van der Waals surface area contributed by atoms with Crippen molar-refractivity contribution in [2.24, 2.45) is 5.41 Å². The summed E-state index contributed by atoms with van der Waals surface area (Å²) >= 11 is 0. The van der Waals surface area contributed by atoms with Crippen molar-refractivity contribution in [3.8, 4) is 0 Å². The van der Waals surface area contributed by atoms with E-state index in [1.165, 1.54) is 0 Å². The topological polar surface area (TPSA) is 74.8 Å². The van der Waals surface area contributed by atoms with Gasteiger partial charge in [0.25, 0.3) is 5.56 Å². The zero-order valence-electron chi connectivity index (χ0n) is 11.0. The highest BCUT2D eigenvalue weighted by Crippen LogP contribution is 2.21. The number of allylic oxidation sites excluding steroid dienone is 1. The maximum absolute atomic E-state index is 11.8. The minimum absolute atomic E-state index is 0.177. The molecular weight excluding hydrogens is 230 g/mol. The van der Waals surface area contributed by atoms with Crippen molar-refractivity contribution in [1.29, 1.82) is 0 Å². The van der Waals surface area contributed by atoms with Gasteiger partial charge in [0, 0.05) is 17.4 Å². The maximum Gasteiger partial charge on any atom is 0.256 e. The lowest BCUT2D eigenvalue weighted by molar-refractivity contribution is -0.123. The van der Waals surface area contributed by atoms with Gasteiger partial charge in [0.1, 0.15) is 0 Å². The number of fused-ring (bicyclic) bond motifs is 1. The summed E-state index contributed by atoms with van der Waals surface area (Å²) in [5.41, 5.74) is 1.71. The third-order valence-corrected chi connectivity index (χ3v) is 2.80. The Labute approximate surface area is 105 Å². The van der Waals surface area contributed by atoms with Crippen LogP contribution in [0.4, 0.5) is 5.95 Å². The van der Waals surface area contributed by atoms with E-state index in [9.17, 15) is 9.59 Å². The average Bonchev–Trinajstić information content (AvgIpc) is 2.57. The van der Waals surface area contributed by atoms with E-state index in [1.807, 2.05) is 13.0 Å². The highest BCUT2D eigenvalue weighted by atomic mass is 16.2. The summed E-state index contributed by atoms with van der Waals surface area (Å²) in [6.07, 6.45) is 2.50. The molecule has 1 aromatic heterocycles. The van der Waals surface area contributed by atoms with Crippen LogP contribution in [-0.2, 0) is 11.2 Å². The molecule has 2 N–H and O–H groups in total. The van der Waals surface area contributed by atoms with Crippen LogP contribution < -0.4 is 10.9 Å². The summed E-state index contributed by atoms with van der Waals surface area (Å²) in [5, 5.41) is 2.63. The number of carbonyl (C=O) groups is 1. The summed E-state index contributed by atoms with van der Waals surface area (Å²) in [4.78, 5) is 30.5. The predicted molar refractivity (Wildman–Crippen MR) is 70.3 cm³/mol. The molecule has 1 aliphatic carbocycles. The third kappa shape index (κ3) is 2.34. The molecular formula is C13H17N3O2. The quantitative estimate of drug-likeness (QED) is 0.793. The second kappa shape index (κ2) is 4.08. The fraction of sp³-hybridized carbons (Fsp3) is 0.462. The van der Waals surface area contributed by atoms with Crippen LogP contribution in [-0.4, -0.2) is 15.9 Å². The van der Waals surface area contributed by atoms with Gasteiger partial charge < -0.3 is 0 Å². The number of rotatable bonds is 1. The number of amides is 1. The Hall–Kier alpha value is -1.91. The van der Waals surface area contributed by atoms with Gasteiger partial charge in [0.05, 0.1) is 5.69 Å². The molecule has 0 atom stereocenters. The minimum Gasteiger partial charge on any atom is -0.296 e. The van der Waals surface area contributed by atoms with Crippen LogP contribution in [0.25, 0.3) is 6.08 Å². The molecule has 0 saturated heterocycles. The van der Waals surface area contributed by atoms with Crippen molar-refractivity contribution in [3.63, 3.8) is 0 Å². The molecule has 0 aromatic carbocycles. The molecule has 0 unspecified atom stereocenters. The number of hydrogen-bond acceptors (Lipinski definition) is 3. The van der Waals surface area contributed by atoms with Gasteiger partial charge in [0.2, 0.25) is 11.9 Å². The van der Waals surface area contributed by atoms with E-state index < -0.39 is 5.41 Å². The summed E-state index contributed by atoms with van der Waals surface area (Å²) in [7, 11) is 0. The molecule has 5 heteroatoms. The van der Waals surface area contributed by atoms with E-state index in [1.54, 1.807) is 20.8 Å². The van der Waals surface area contributed by atoms with Gasteiger partial charge in [-0.05, 0) is 13.0 Å². The predicted octanol–water partition coefficient (Wildman–Crippen LogP) is 1.71.